The average Bonchev–Trinajstić information content (AvgIpc) is 2.77. The Morgan fingerprint density at radius 2 is 1.48 bits per heavy atom. The Kier molecular flexibility index (Phi) is 8.82. The largest absolute Gasteiger partial charge is 0.461 e. The molecule has 0 aliphatic heterocycles. The molecule has 7 nitrogen and oxygen atoms in total. The van der Waals surface area contributed by atoms with Crippen molar-refractivity contribution < 1.29 is 23.9 Å². The first kappa shape index (κ1) is 21.6. The van der Waals surface area contributed by atoms with Crippen LogP contribution in [0.2, 0.25) is 0 Å². The third-order valence-corrected chi connectivity index (χ3v) is 3.83. The van der Waals surface area contributed by atoms with Gasteiger partial charge in [-0.3, -0.25) is 14.6 Å². The fourth-order valence-corrected chi connectivity index (χ4v) is 2.27. The fraction of sp³-hybridized carbons (Fsp3) is 0.182. The van der Waals surface area contributed by atoms with Crippen LogP contribution in [-0.2, 0) is 37.1 Å². The van der Waals surface area contributed by atoms with Gasteiger partial charge >= 0.3 is 11.9 Å². The van der Waals surface area contributed by atoms with E-state index in [0.29, 0.717) is 6.29 Å². The molecule has 1 atom stereocenters. The summed E-state index contributed by atoms with van der Waals surface area (Å²) in [5.41, 5.74) is 6.99. The highest BCUT2D eigenvalue weighted by Gasteiger charge is 2.23. The number of carbonyl (C=O) groups is 3. The lowest BCUT2D eigenvalue weighted by Crippen LogP contribution is -2.26. The Morgan fingerprint density at radius 1 is 0.931 bits per heavy atom. The van der Waals surface area contributed by atoms with Gasteiger partial charge in [0.1, 0.15) is 13.2 Å². The lowest BCUT2D eigenvalue weighted by molar-refractivity contribution is -0.153. The number of aldehydes is 1. The standard InChI is InChI=1S/C22H22N2O5/c23-12-19(14-25)13-24-20(22(27)29-16-18-9-5-2-6-10-18)11-21(26)28-15-17-7-3-1-4-8-17/h1-10,12-14,20H,11,15-16,23H2. The molecular formula is C22H22N2O5. The molecule has 0 radical (unpaired) electrons. The highest BCUT2D eigenvalue weighted by molar-refractivity contribution is 6.02. The zero-order valence-electron chi connectivity index (χ0n) is 15.8. The molecule has 0 saturated carbocycles. The van der Waals surface area contributed by atoms with E-state index in [4.69, 9.17) is 15.2 Å². The molecule has 2 N–H and O–H groups in total. The second-order valence-electron chi connectivity index (χ2n) is 6.02. The zero-order valence-corrected chi connectivity index (χ0v) is 15.8. The van der Waals surface area contributed by atoms with E-state index in [0.717, 1.165) is 23.5 Å². The maximum absolute atomic E-state index is 12.4. The smallest absolute Gasteiger partial charge is 0.331 e. The van der Waals surface area contributed by atoms with Crippen LogP contribution >= 0.6 is 0 Å². The summed E-state index contributed by atoms with van der Waals surface area (Å²) in [6, 6.07) is 17.1. The maximum Gasteiger partial charge on any atom is 0.331 e. The number of ether oxygens (including phenoxy) is 2. The lowest BCUT2D eigenvalue weighted by Gasteiger charge is -2.12. The summed E-state index contributed by atoms with van der Waals surface area (Å²) in [5.74, 6) is -1.32. The molecule has 7 heteroatoms. The van der Waals surface area contributed by atoms with Crippen LogP contribution in [0, 0.1) is 0 Å². The van der Waals surface area contributed by atoms with E-state index in [-0.39, 0.29) is 25.2 Å². The van der Waals surface area contributed by atoms with E-state index in [1.807, 2.05) is 48.5 Å². The zero-order chi connectivity index (χ0) is 20.9. The molecule has 0 fully saturated rings. The Morgan fingerprint density at radius 3 is 2.00 bits per heavy atom. The van der Waals surface area contributed by atoms with Crippen molar-refractivity contribution in [2.24, 2.45) is 10.7 Å². The van der Waals surface area contributed by atoms with Gasteiger partial charge in [0.25, 0.3) is 0 Å². The van der Waals surface area contributed by atoms with Gasteiger partial charge in [-0.1, -0.05) is 60.7 Å². The van der Waals surface area contributed by atoms with Crippen LogP contribution in [0.4, 0.5) is 0 Å². The molecule has 0 spiro atoms. The monoisotopic (exact) mass is 394 g/mol. The Hall–Kier alpha value is -3.74. The lowest BCUT2D eigenvalue weighted by atomic mass is 10.2. The summed E-state index contributed by atoms with van der Waals surface area (Å²) in [7, 11) is 0. The van der Waals surface area contributed by atoms with E-state index < -0.39 is 18.0 Å². The molecule has 1 unspecified atom stereocenters. The van der Waals surface area contributed by atoms with Gasteiger partial charge in [0.05, 0.1) is 6.42 Å². The van der Waals surface area contributed by atoms with Crippen LogP contribution < -0.4 is 5.73 Å². The predicted molar refractivity (Wildman–Crippen MR) is 108 cm³/mol. The number of esters is 2. The molecule has 2 rings (SSSR count). The van der Waals surface area contributed by atoms with Crippen LogP contribution in [0.3, 0.4) is 0 Å². The van der Waals surface area contributed by atoms with Crippen molar-refractivity contribution in [3.8, 4) is 0 Å². The summed E-state index contributed by atoms with van der Waals surface area (Å²) < 4.78 is 10.5. The second-order valence-corrected chi connectivity index (χ2v) is 6.02. The first-order chi connectivity index (χ1) is 14.1. The van der Waals surface area contributed by atoms with Crippen molar-refractivity contribution in [2.45, 2.75) is 25.7 Å². The topological polar surface area (TPSA) is 108 Å². The maximum atomic E-state index is 12.4. The first-order valence-electron chi connectivity index (χ1n) is 8.92. The molecule has 2 aromatic carbocycles. The van der Waals surface area contributed by atoms with Crippen molar-refractivity contribution >= 4 is 24.4 Å². The minimum absolute atomic E-state index is 0.0397. The number of carbonyl (C=O) groups excluding carboxylic acids is 3. The van der Waals surface area contributed by atoms with Gasteiger partial charge < -0.3 is 15.2 Å². The number of aliphatic imine (C=N–C) groups is 1. The molecule has 0 aliphatic rings. The van der Waals surface area contributed by atoms with Gasteiger partial charge in [-0.2, -0.15) is 0 Å². The molecule has 2 aromatic rings. The minimum Gasteiger partial charge on any atom is -0.461 e. The van der Waals surface area contributed by atoms with Crippen molar-refractivity contribution in [1.82, 2.24) is 0 Å². The summed E-state index contributed by atoms with van der Waals surface area (Å²) in [6.45, 7) is 0.121. The highest BCUT2D eigenvalue weighted by atomic mass is 16.5. The number of nitrogens with two attached hydrogens (primary N) is 1. The number of hydrogen-bond donors (Lipinski definition) is 1. The van der Waals surface area contributed by atoms with Crippen LogP contribution in [0.25, 0.3) is 0 Å². The van der Waals surface area contributed by atoms with E-state index >= 15 is 0 Å². The molecule has 0 aromatic heterocycles. The molecule has 29 heavy (non-hydrogen) atoms. The minimum atomic E-state index is -1.16. The van der Waals surface area contributed by atoms with Crippen LogP contribution in [0.1, 0.15) is 17.5 Å². The van der Waals surface area contributed by atoms with Gasteiger partial charge in [-0.15, -0.1) is 0 Å². The van der Waals surface area contributed by atoms with Crippen molar-refractivity contribution in [2.75, 3.05) is 0 Å². The summed E-state index contributed by atoms with van der Waals surface area (Å²) in [5, 5.41) is 0. The number of benzene rings is 2. The van der Waals surface area contributed by atoms with Crippen LogP contribution in [0.15, 0.2) is 77.4 Å². The Balaban J connectivity index is 2.00. The summed E-state index contributed by atoms with van der Waals surface area (Å²) in [4.78, 5) is 39.5. The fourth-order valence-electron chi connectivity index (χ4n) is 2.27. The molecule has 0 aliphatic carbocycles. The van der Waals surface area contributed by atoms with Gasteiger partial charge in [0.2, 0.25) is 0 Å². The first-order valence-corrected chi connectivity index (χ1v) is 8.92. The van der Waals surface area contributed by atoms with Gasteiger partial charge in [-0.25, -0.2) is 4.79 Å². The van der Waals surface area contributed by atoms with Crippen molar-refractivity contribution in [1.29, 1.82) is 0 Å². The predicted octanol–water partition coefficient (Wildman–Crippen LogP) is 2.34. The van der Waals surface area contributed by atoms with E-state index in [1.165, 1.54) is 0 Å². The molecule has 0 heterocycles. The highest BCUT2D eigenvalue weighted by Crippen LogP contribution is 2.09. The van der Waals surface area contributed by atoms with Crippen molar-refractivity contribution in [3.63, 3.8) is 0 Å². The normalized spacial score (nSPS) is 12.3. The third kappa shape index (κ3) is 7.80. The van der Waals surface area contributed by atoms with Crippen molar-refractivity contribution in [3.05, 3.63) is 83.6 Å². The van der Waals surface area contributed by atoms with E-state index in [2.05, 4.69) is 4.99 Å². The van der Waals surface area contributed by atoms with Crippen LogP contribution in [-0.4, -0.2) is 30.5 Å². The Bertz CT molecular complexity index is 863. The molecule has 0 saturated heterocycles. The molecule has 0 amide bonds. The van der Waals surface area contributed by atoms with E-state index in [9.17, 15) is 14.4 Å². The Labute approximate surface area is 168 Å². The van der Waals surface area contributed by atoms with Gasteiger partial charge in [0.15, 0.2) is 12.3 Å². The van der Waals surface area contributed by atoms with Crippen LogP contribution in [0.5, 0.6) is 0 Å². The SMILES string of the molecule is NC=C(C=O)C=NC(CC(=O)OCc1ccccc1)C(=O)OCc1ccccc1. The quantitative estimate of drug-likeness (QED) is 0.287. The number of rotatable bonds is 10. The number of hydrogen-bond acceptors (Lipinski definition) is 7. The van der Waals surface area contributed by atoms with Gasteiger partial charge in [-0.05, 0) is 11.1 Å². The number of nitrogens with zero attached hydrogens (tertiary/aromatic N) is 1. The third-order valence-electron chi connectivity index (χ3n) is 3.83. The second kappa shape index (κ2) is 11.9. The van der Waals surface area contributed by atoms with E-state index in [1.54, 1.807) is 12.1 Å². The average molecular weight is 394 g/mol. The number of allylic oxidation sites excluding steroid dienone is 1. The molecule has 0 bridgehead atoms. The van der Waals surface area contributed by atoms with Gasteiger partial charge in [0, 0.05) is 18.0 Å². The molecule has 150 valence electrons. The molecular weight excluding hydrogens is 372 g/mol. The summed E-state index contributed by atoms with van der Waals surface area (Å²) in [6.07, 6.45) is 2.35. The summed E-state index contributed by atoms with van der Waals surface area (Å²) >= 11 is 0.